The number of carbonyl (C=O) groups excluding carboxylic acids is 1. The van der Waals surface area contributed by atoms with Crippen molar-refractivity contribution in [1.82, 2.24) is 0 Å². The quantitative estimate of drug-likeness (QED) is 0.276. The second-order valence-corrected chi connectivity index (χ2v) is 3.83. The number of rotatable bonds is 8. The zero-order valence-electron chi connectivity index (χ0n) is 10.6. The standard InChI is InChI=1S/C10H19NO6/c1-5-17-9(16-4)7-10(2,11(13)14)6-8(12)15-3/h9H,5-7H2,1-4H3. The molecule has 0 N–H and O–H groups in total. The van der Waals surface area contributed by atoms with Crippen LogP contribution in [0.3, 0.4) is 0 Å². The Morgan fingerprint density at radius 1 is 1.47 bits per heavy atom. The van der Waals surface area contributed by atoms with E-state index in [-0.39, 0.29) is 12.8 Å². The SMILES string of the molecule is CCOC(CC(C)(CC(=O)OC)[N+](=O)[O-])OC. The van der Waals surface area contributed by atoms with E-state index in [0.29, 0.717) is 6.61 Å². The molecule has 0 heterocycles. The van der Waals surface area contributed by atoms with Gasteiger partial charge < -0.3 is 14.2 Å². The number of carbonyl (C=O) groups is 1. The second-order valence-electron chi connectivity index (χ2n) is 3.83. The van der Waals surface area contributed by atoms with Crippen molar-refractivity contribution in [3.63, 3.8) is 0 Å². The third-order valence-electron chi connectivity index (χ3n) is 2.42. The predicted molar refractivity (Wildman–Crippen MR) is 59.1 cm³/mol. The Balaban J connectivity index is 4.70. The molecule has 17 heavy (non-hydrogen) atoms. The lowest BCUT2D eigenvalue weighted by Crippen LogP contribution is -2.42. The summed E-state index contributed by atoms with van der Waals surface area (Å²) < 4.78 is 14.6. The molecule has 7 nitrogen and oxygen atoms in total. The van der Waals surface area contributed by atoms with Gasteiger partial charge in [0.05, 0.1) is 13.5 Å². The Bertz CT molecular complexity index is 270. The van der Waals surface area contributed by atoms with Crippen LogP contribution in [0.4, 0.5) is 0 Å². The highest BCUT2D eigenvalue weighted by Gasteiger charge is 2.43. The van der Waals surface area contributed by atoms with Gasteiger partial charge in [-0.05, 0) is 6.92 Å². The van der Waals surface area contributed by atoms with Crippen molar-refractivity contribution in [3.05, 3.63) is 10.1 Å². The van der Waals surface area contributed by atoms with Gasteiger partial charge >= 0.3 is 5.97 Å². The molecule has 0 bridgehead atoms. The smallest absolute Gasteiger partial charge is 0.312 e. The highest BCUT2D eigenvalue weighted by molar-refractivity contribution is 5.70. The van der Waals surface area contributed by atoms with Gasteiger partial charge in [-0.15, -0.1) is 0 Å². The Labute approximate surface area is 100 Å². The molecule has 0 aliphatic heterocycles. The molecule has 0 spiro atoms. The average molecular weight is 249 g/mol. The molecule has 0 rings (SSSR count). The minimum atomic E-state index is -1.46. The van der Waals surface area contributed by atoms with Crippen LogP contribution < -0.4 is 0 Å². The molecule has 7 heteroatoms. The van der Waals surface area contributed by atoms with Crippen LogP contribution in [-0.2, 0) is 19.0 Å². The van der Waals surface area contributed by atoms with E-state index in [1.165, 1.54) is 21.1 Å². The zero-order chi connectivity index (χ0) is 13.5. The van der Waals surface area contributed by atoms with E-state index in [9.17, 15) is 14.9 Å². The Morgan fingerprint density at radius 2 is 2.06 bits per heavy atom. The van der Waals surface area contributed by atoms with E-state index >= 15 is 0 Å². The first-order chi connectivity index (χ1) is 7.89. The Morgan fingerprint density at radius 3 is 2.41 bits per heavy atom. The fraction of sp³-hybridized carbons (Fsp3) is 0.900. The van der Waals surface area contributed by atoms with Gasteiger partial charge in [-0.3, -0.25) is 14.9 Å². The number of ether oxygens (including phenoxy) is 3. The monoisotopic (exact) mass is 249 g/mol. The third-order valence-corrected chi connectivity index (χ3v) is 2.42. The van der Waals surface area contributed by atoms with Gasteiger partial charge in [0, 0.05) is 25.6 Å². The molecule has 0 saturated carbocycles. The van der Waals surface area contributed by atoms with E-state index < -0.39 is 22.7 Å². The largest absolute Gasteiger partial charge is 0.469 e. The maximum absolute atomic E-state index is 11.2. The Hall–Kier alpha value is -1.21. The predicted octanol–water partition coefficient (Wildman–Crippen LogP) is 0.984. The number of hydrogen-bond acceptors (Lipinski definition) is 6. The summed E-state index contributed by atoms with van der Waals surface area (Å²) in [6.45, 7) is 3.51. The summed E-state index contributed by atoms with van der Waals surface area (Å²) in [5.41, 5.74) is -1.46. The lowest BCUT2D eigenvalue weighted by Gasteiger charge is -2.24. The molecule has 2 atom stereocenters. The molecule has 0 aromatic heterocycles. The van der Waals surface area contributed by atoms with Gasteiger partial charge in [0.2, 0.25) is 5.54 Å². The van der Waals surface area contributed by atoms with Crippen LogP contribution in [0.25, 0.3) is 0 Å². The molecular weight excluding hydrogens is 230 g/mol. The van der Waals surface area contributed by atoms with E-state index in [1.54, 1.807) is 6.92 Å². The molecule has 0 aliphatic carbocycles. The summed E-state index contributed by atoms with van der Waals surface area (Å²) >= 11 is 0. The number of nitro groups is 1. The van der Waals surface area contributed by atoms with E-state index in [4.69, 9.17) is 9.47 Å². The molecule has 100 valence electrons. The molecular formula is C10H19NO6. The minimum absolute atomic E-state index is 0.0144. The van der Waals surface area contributed by atoms with Crippen molar-refractivity contribution in [2.24, 2.45) is 0 Å². The maximum Gasteiger partial charge on any atom is 0.312 e. The van der Waals surface area contributed by atoms with E-state index in [2.05, 4.69) is 4.74 Å². The van der Waals surface area contributed by atoms with Crippen molar-refractivity contribution in [2.45, 2.75) is 38.5 Å². The van der Waals surface area contributed by atoms with E-state index in [1.807, 2.05) is 0 Å². The van der Waals surface area contributed by atoms with Gasteiger partial charge in [0.25, 0.3) is 0 Å². The van der Waals surface area contributed by atoms with Crippen LogP contribution in [0.15, 0.2) is 0 Å². The highest BCUT2D eigenvalue weighted by Crippen LogP contribution is 2.23. The van der Waals surface area contributed by atoms with Crippen molar-refractivity contribution in [1.29, 1.82) is 0 Å². The summed E-state index contributed by atoms with van der Waals surface area (Å²) in [4.78, 5) is 21.7. The van der Waals surface area contributed by atoms with Crippen molar-refractivity contribution in [2.75, 3.05) is 20.8 Å². The fourth-order valence-corrected chi connectivity index (χ4v) is 1.35. The summed E-state index contributed by atoms with van der Waals surface area (Å²) in [5.74, 6) is -0.629. The highest BCUT2D eigenvalue weighted by atomic mass is 16.7. The average Bonchev–Trinajstić information content (AvgIpc) is 2.27. The topological polar surface area (TPSA) is 87.9 Å². The zero-order valence-corrected chi connectivity index (χ0v) is 10.6. The van der Waals surface area contributed by atoms with Gasteiger partial charge in [-0.2, -0.15) is 0 Å². The van der Waals surface area contributed by atoms with Crippen LogP contribution >= 0.6 is 0 Å². The normalized spacial score (nSPS) is 16.0. The van der Waals surface area contributed by atoms with Crippen molar-refractivity contribution < 1.29 is 23.9 Å². The molecule has 0 radical (unpaired) electrons. The molecule has 0 aromatic rings. The van der Waals surface area contributed by atoms with Gasteiger partial charge in [-0.25, -0.2) is 0 Å². The lowest BCUT2D eigenvalue weighted by molar-refractivity contribution is -0.569. The molecule has 0 aliphatic rings. The summed E-state index contributed by atoms with van der Waals surface area (Å²) in [6, 6.07) is 0. The van der Waals surface area contributed by atoms with Crippen LogP contribution in [0.1, 0.15) is 26.7 Å². The minimum Gasteiger partial charge on any atom is -0.469 e. The summed E-state index contributed by atoms with van der Waals surface area (Å²) in [7, 11) is 2.60. The van der Waals surface area contributed by atoms with Crippen LogP contribution in [-0.4, -0.2) is 43.5 Å². The van der Waals surface area contributed by atoms with E-state index in [0.717, 1.165) is 0 Å². The lowest BCUT2D eigenvalue weighted by atomic mass is 9.94. The molecule has 0 amide bonds. The number of methoxy groups -OCH3 is 2. The van der Waals surface area contributed by atoms with Crippen LogP contribution in [0.2, 0.25) is 0 Å². The van der Waals surface area contributed by atoms with Crippen molar-refractivity contribution >= 4 is 5.97 Å². The first kappa shape index (κ1) is 15.8. The summed E-state index contributed by atoms with van der Waals surface area (Å²) in [5, 5.41) is 11.0. The van der Waals surface area contributed by atoms with Crippen LogP contribution in [0, 0.1) is 10.1 Å². The molecule has 0 saturated heterocycles. The first-order valence-corrected chi connectivity index (χ1v) is 5.25. The second kappa shape index (κ2) is 7.18. The van der Waals surface area contributed by atoms with Gasteiger partial charge in [0.15, 0.2) is 6.29 Å². The van der Waals surface area contributed by atoms with Crippen LogP contribution in [0.5, 0.6) is 0 Å². The van der Waals surface area contributed by atoms with Gasteiger partial charge in [-0.1, -0.05) is 0 Å². The Kier molecular flexibility index (Phi) is 6.67. The molecule has 2 unspecified atom stereocenters. The fourth-order valence-electron chi connectivity index (χ4n) is 1.35. The van der Waals surface area contributed by atoms with Gasteiger partial charge in [0.1, 0.15) is 6.42 Å². The van der Waals surface area contributed by atoms with Crippen molar-refractivity contribution in [3.8, 4) is 0 Å². The number of esters is 1. The number of hydrogen-bond donors (Lipinski definition) is 0. The number of nitrogens with zero attached hydrogens (tertiary/aromatic N) is 1. The first-order valence-electron chi connectivity index (χ1n) is 5.25. The maximum atomic E-state index is 11.2. The summed E-state index contributed by atoms with van der Waals surface area (Å²) in [6.07, 6.45) is -1.04. The molecule has 0 aromatic carbocycles. The molecule has 0 fully saturated rings. The third kappa shape index (κ3) is 5.10.